The van der Waals surface area contributed by atoms with Gasteiger partial charge in [-0.15, -0.1) is 11.6 Å². The van der Waals surface area contributed by atoms with Crippen molar-refractivity contribution in [2.75, 3.05) is 6.61 Å². The second-order valence-corrected chi connectivity index (χ2v) is 4.96. The molecule has 0 aliphatic carbocycles. The Morgan fingerprint density at radius 2 is 2.00 bits per heavy atom. The zero-order valence-corrected chi connectivity index (χ0v) is 11.9. The van der Waals surface area contributed by atoms with Crippen molar-refractivity contribution in [2.45, 2.75) is 51.8 Å². The molecule has 0 N–H and O–H groups in total. The molecule has 0 aromatic heterocycles. The summed E-state index contributed by atoms with van der Waals surface area (Å²) >= 11 is 6.47. The topological polar surface area (TPSA) is 9.23 Å². The Morgan fingerprint density at radius 1 is 1.24 bits per heavy atom. The van der Waals surface area contributed by atoms with Crippen LogP contribution >= 0.6 is 11.6 Å². The number of hydrogen-bond acceptors (Lipinski definition) is 1. The first-order valence-corrected chi connectivity index (χ1v) is 7.00. The normalized spacial score (nSPS) is 12.5. The fraction of sp³-hybridized carbons (Fsp3) is 0.600. The Bertz CT molecular complexity index is 336. The molecule has 0 spiro atoms. The van der Waals surface area contributed by atoms with Gasteiger partial charge in [-0.25, -0.2) is 0 Å². The van der Waals surface area contributed by atoms with Crippen molar-refractivity contribution in [2.24, 2.45) is 0 Å². The van der Waals surface area contributed by atoms with Gasteiger partial charge in [-0.2, -0.15) is 0 Å². The lowest BCUT2D eigenvalue weighted by molar-refractivity contribution is 0.335. The summed E-state index contributed by atoms with van der Waals surface area (Å²) in [6.07, 6.45) is 4.69. The first-order valence-electron chi connectivity index (χ1n) is 6.56. The Hall–Kier alpha value is -0.690. The fourth-order valence-corrected chi connectivity index (χ4v) is 2.25. The first-order chi connectivity index (χ1) is 8.19. The van der Waals surface area contributed by atoms with Crippen LogP contribution in [0.3, 0.4) is 0 Å². The van der Waals surface area contributed by atoms with Gasteiger partial charge in [0.15, 0.2) is 0 Å². The number of halogens is 1. The number of hydrogen-bond donors (Lipinski definition) is 0. The average Bonchev–Trinajstić information content (AvgIpc) is 2.32. The third kappa shape index (κ3) is 4.59. The van der Waals surface area contributed by atoms with Gasteiger partial charge in [-0.05, 0) is 26.3 Å². The average molecular weight is 255 g/mol. The predicted octanol–water partition coefficient (Wildman–Crippen LogP) is 5.25. The van der Waals surface area contributed by atoms with E-state index in [-0.39, 0.29) is 5.38 Å². The van der Waals surface area contributed by atoms with Crippen LogP contribution in [0.2, 0.25) is 0 Å². The Kier molecular flexibility index (Phi) is 6.43. The maximum atomic E-state index is 6.47. The highest BCUT2D eigenvalue weighted by Crippen LogP contribution is 2.34. The van der Waals surface area contributed by atoms with E-state index in [2.05, 4.69) is 26.0 Å². The molecule has 1 aromatic carbocycles. The van der Waals surface area contributed by atoms with E-state index >= 15 is 0 Å². The molecule has 0 heterocycles. The molecule has 17 heavy (non-hydrogen) atoms. The van der Waals surface area contributed by atoms with Gasteiger partial charge in [0.05, 0.1) is 12.0 Å². The van der Waals surface area contributed by atoms with Gasteiger partial charge in [0, 0.05) is 5.56 Å². The number of rotatable bonds is 7. The van der Waals surface area contributed by atoms with Crippen LogP contribution in [-0.4, -0.2) is 6.61 Å². The molecule has 1 atom stereocenters. The van der Waals surface area contributed by atoms with Gasteiger partial charge >= 0.3 is 0 Å². The minimum atomic E-state index is 0.0722. The minimum absolute atomic E-state index is 0.0722. The lowest BCUT2D eigenvalue weighted by Crippen LogP contribution is -1.99. The second kappa shape index (κ2) is 7.60. The molecule has 1 rings (SSSR count). The summed E-state index contributed by atoms with van der Waals surface area (Å²) in [6.45, 7) is 7.00. The van der Waals surface area contributed by atoms with Gasteiger partial charge in [0.2, 0.25) is 0 Å². The summed E-state index contributed by atoms with van der Waals surface area (Å²) in [7, 11) is 0. The van der Waals surface area contributed by atoms with Gasteiger partial charge in [-0.1, -0.05) is 43.9 Å². The quantitative estimate of drug-likeness (QED) is 0.477. The number of unbranched alkanes of at least 4 members (excludes halogenated alkanes) is 2. The molecule has 0 aliphatic rings. The highest BCUT2D eigenvalue weighted by Gasteiger charge is 2.13. The maximum absolute atomic E-state index is 6.47. The van der Waals surface area contributed by atoms with Crippen molar-refractivity contribution in [3.8, 4) is 5.75 Å². The lowest BCUT2D eigenvalue weighted by Gasteiger charge is -2.15. The molecule has 2 heteroatoms. The maximum Gasteiger partial charge on any atom is 0.123 e. The molecule has 0 saturated heterocycles. The molecular formula is C15H23ClO. The lowest BCUT2D eigenvalue weighted by atomic mass is 10.0. The summed E-state index contributed by atoms with van der Waals surface area (Å²) in [5, 5.41) is 0.0722. The zero-order chi connectivity index (χ0) is 12.7. The number of benzene rings is 1. The summed E-state index contributed by atoms with van der Waals surface area (Å²) < 4.78 is 5.63. The highest BCUT2D eigenvalue weighted by molar-refractivity contribution is 6.21. The second-order valence-electron chi connectivity index (χ2n) is 4.44. The zero-order valence-electron chi connectivity index (χ0n) is 11.1. The van der Waals surface area contributed by atoms with Crippen molar-refractivity contribution in [1.29, 1.82) is 0 Å². The van der Waals surface area contributed by atoms with Crippen molar-refractivity contribution in [3.63, 3.8) is 0 Å². The first kappa shape index (κ1) is 14.4. The van der Waals surface area contributed by atoms with E-state index in [9.17, 15) is 0 Å². The summed E-state index contributed by atoms with van der Waals surface area (Å²) in [5.41, 5.74) is 2.38. The van der Waals surface area contributed by atoms with Crippen LogP contribution in [0.1, 0.15) is 56.0 Å². The summed E-state index contributed by atoms with van der Waals surface area (Å²) in [6, 6.07) is 6.25. The number of alkyl halides is 1. The molecule has 0 amide bonds. The standard InChI is InChI=1S/C15H23ClO/c1-4-6-7-8-14(16)13-11-12(3)9-10-15(13)17-5-2/h9-11,14H,4-8H2,1-3H3. The van der Waals surface area contributed by atoms with Crippen LogP contribution in [0.5, 0.6) is 5.75 Å². The van der Waals surface area contributed by atoms with Crippen LogP contribution in [0.15, 0.2) is 18.2 Å². The van der Waals surface area contributed by atoms with E-state index in [0.717, 1.165) is 17.7 Å². The number of ether oxygens (including phenoxy) is 1. The van der Waals surface area contributed by atoms with E-state index < -0.39 is 0 Å². The van der Waals surface area contributed by atoms with Crippen LogP contribution in [0.4, 0.5) is 0 Å². The summed E-state index contributed by atoms with van der Waals surface area (Å²) in [5.74, 6) is 0.939. The molecule has 96 valence electrons. The molecule has 1 nitrogen and oxygen atoms in total. The summed E-state index contributed by atoms with van der Waals surface area (Å²) in [4.78, 5) is 0. The molecule has 0 saturated carbocycles. The molecule has 0 aliphatic heterocycles. The Labute approximate surface area is 110 Å². The highest BCUT2D eigenvalue weighted by atomic mass is 35.5. The van der Waals surface area contributed by atoms with Crippen LogP contribution in [0, 0.1) is 6.92 Å². The van der Waals surface area contributed by atoms with E-state index in [1.807, 2.05) is 13.0 Å². The van der Waals surface area contributed by atoms with Crippen LogP contribution in [-0.2, 0) is 0 Å². The molecule has 0 fully saturated rings. The monoisotopic (exact) mass is 254 g/mol. The van der Waals surface area contributed by atoms with E-state index in [1.165, 1.54) is 24.8 Å². The molecule has 0 radical (unpaired) electrons. The van der Waals surface area contributed by atoms with Gasteiger partial charge in [0.25, 0.3) is 0 Å². The van der Waals surface area contributed by atoms with Gasteiger partial charge < -0.3 is 4.74 Å². The van der Waals surface area contributed by atoms with E-state index in [1.54, 1.807) is 0 Å². The fourth-order valence-electron chi connectivity index (χ4n) is 1.93. The van der Waals surface area contributed by atoms with Crippen molar-refractivity contribution < 1.29 is 4.74 Å². The molecule has 1 aromatic rings. The molecule has 0 bridgehead atoms. The van der Waals surface area contributed by atoms with Crippen LogP contribution in [0.25, 0.3) is 0 Å². The van der Waals surface area contributed by atoms with E-state index in [0.29, 0.717) is 6.61 Å². The number of aryl methyl sites for hydroxylation is 1. The van der Waals surface area contributed by atoms with Crippen LogP contribution < -0.4 is 4.74 Å². The Balaban J connectivity index is 2.74. The van der Waals surface area contributed by atoms with Crippen molar-refractivity contribution in [1.82, 2.24) is 0 Å². The molecular weight excluding hydrogens is 232 g/mol. The Morgan fingerprint density at radius 3 is 2.65 bits per heavy atom. The minimum Gasteiger partial charge on any atom is -0.494 e. The van der Waals surface area contributed by atoms with Crippen molar-refractivity contribution >= 4 is 11.6 Å². The van der Waals surface area contributed by atoms with E-state index in [4.69, 9.17) is 16.3 Å². The van der Waals surface area contributed by atoms with Gasteiger partial charge in [0.1, 0.15) is 5.75 Å². The molecule has 1 unspecified atom stereocenters. The van der Waals surface area contributed by atoms with Gasteiger partial charge in [-0.3, -0.25) is 0 Å². The smallest absolute Gasteiger partial charge is 0.123 e. The third-order valence-electron chi connectivity index (χ3n) is 2.86. The SMILES string of the molecule is CCCCCC(Cl)c1cc(C)ccc1OCC. The predicted molar refractivity (Wildman–Crippen MR) is 75.1 cm³/mol. The van der Waals surface area contributed by atoms with Crippen molar-refractivity contribution in [3.05, 3.63) is 29.3 Å². The largest absolute Gasteiger partial charge is 0.494 e. The third-order valence-corrected chi connectivity index (χ3v) is 3.32.